The fourth-order valence-corrected chi connectivity index (χ4v) is 3.00. The maximum absolute atomic E-state index is 4.43. The molecule has 1 saturated heterocycles. The van der Waals surface area contributed by atoms with Crippen molar-refractivity contribution in [3.8, 4) is 11.3 Å². The van der Waals surface area contributed by atoms with E-state index in [1.807, 2.05) is 5.51 Å². The molecule has 1 aromatic carbocycles. The van der Waals surface area contributed by atoms with Crippen molar-refractivity contribution in [1.29, 1.82) is 0 Å². The van der Waals surface area contributed by atoms with E-state index in [1.165, 1.54) is 43.6 Å². The minimum Gasteiger partial charge on any atom is -0.371 e. The van der Waals surface area contributed by atoms with Crippen LogP contribution in [0.25, 0.3) is 11.3 Å². The molecule has 0 atom stereocenters. The number of anilines is 1. The lowest BCUT2D eigenvalue weighted by atomic mass is 10.1. The first-order valence-electron chi connectivity index (χ1n) is 6.18. The minimum atomic E-state index is 1.11. The molecule has 1 aliphatic heterocycles. The third-order valence-electron chi connectivity index (χ3n) is 3.31. The molecule has 0 saturated carbocycles. The van der Waals surface area contributed by atoms with Gasteiger partial charge in [-0.25, -0.2) is 4.98 Å². The summed E-state index contributed by atoms with van der Waals surface area (Å²) in [7, 11) is 0. The van der Waals surface area contributed by atoms with Crippen LogP contribution in [0.2, 0.25) is 0 Å². The van der Waals surface area contributed by atoms with Crippen molar-refractivity contribution < 1.29 is 0 Å². The summed E-state index contributed by atoms with van der Waals surface area (Å²) in [4.78, 5) is 6.93. The number of para-hydroxylation sites is 1. The highest BCUT2D eigenvalue weighted by Gasteiger charge is 2.15. The Morgan fingerprint density at radius 3 is 2.65 bits per heavy atom. The largest absolute Gasteiger partial charge is 0.371 e. The first kappa shape index (κ1) is 10.8. The quantitative estimate of drug-likeness (QED) is 0.798. The molecule has 0 bridgehead atoms. The Labute approximate surface area is 106 Å². The predicted molar refractivity (Wildman–Crippen MR) is 73.6 cm³/mol. The van der Waals surface area contributed by atoms with E-state index in [0.717, 1.165) is 5.69 Å². The van der Waals surface area contributed by atoms with E-state index < -0.39 is 0 Å². The molecule has 1 aliphatic rings. The normalized spacial score (nSPS) is 16.1. The number of rotatable bonds is 2. The van der Waals surface area contributed by atoms with Crippen LogP contribution in [0.4, 0.5) is 5.69 Å². The van der Waals surface area contributed by atoms with Gasteiger partial charge in [0, 0.05) is 29.7 Å². The topological polar surface area (TPSA) is 16.1 Å². The zero-order valence-corrected chi connectivity index (χ0v) is 10.6. The molecule has 2 heterocycles. The molecule has 0 N–H and O–H groups in total. The van der Waals surface area contributed by atoms with Crippen LogP contribution in [0.3, 0.4) is 0 Å². The Balaban J connectivity index is 1.98. The SMILES string of the molecule is c1ccc(N2CCCCC2)c(-c2cscn2)c1. The molecule has 88 valence electrons. The zero-order chi connectivity index (χ0) is 11.5. The van der Waals surface area contributed by atoms with Crippen molar-refractivity contribution in [2.75, 3.05) is 18.0 Å². The molecular formula is C14H16N2S. The van der Waals surface area contributed by atoms with Crippen LogP contribution < -0.4 is 4.90 Å². The van der Waals surface area contributed by atoms with Crippen LogP contribution in [0, 0.1) is 0 Å². The molecule has 0 amide bonds. The van der Waals surface area contributed by atoms with Gasteiger partial charge in [0.1, 0.15) is 0 Å². The number of thiazole rings is 1. The maximum atomic E-state index is 4.43. The molecule has 2 nitrogen and oxygen atoms in total. The van der Waals surface area contributed by atoms with E-state index in [2.05, 4.69) is 39.5 Å². The van der Waals surface area contributed by atoms with Crippen LogP contribution >= 0.6 is 11.3 Å². The highest BCUT2D eigenvalue weighted by Crippen LogP contribution is 2.31. The second kappa shape index (κ2) is 4.88. The number of piperidine rings is 1. The summed E-state index contributed by atoms with van der Waals surface area (Å²) >= 11 is 1.66. The summed E-state index contributed by atoms with van der Waals surface area (Å²) in [5.74, 6) is 0. The second-order valence-electron chi connectivity index (χ2n) is 4.44. The van der Waals surface area contributed by atoms with Gasteiger partial charge in [-0.1, -0.05) is 18.2 Å². The minimum absolute atomic E-state index is 1.11. The monoisotopic (exact) mass is 244 g/mol. The Morgan fingerprint density at radius 1 is 1.06 bits per heavy atom. The zero-order valence-electron chi connectivity index (χ0n) is 9.80. The van der Waals surface area contributed by atoms with Crippen molar-refractivity contribution in [1.82, 2.24) is 4.98 Å². The van der Waals surface area contributed by atoms with Gasteiger partial charge in [-0.15, -0.1) is 11.3 Å². The summed E-state index contributed by atoms with van der Waals surface area (Å²) in [6.07, 6.45) is 3.99. The van der Waals surface area contributed by atoms with E-state index >= 15 is 0 Å². The second-order valence-corrected chi connectivity index (χ2v) is 5.16. The maximum Gasteiger partial charge on any atom is 0.0831 e. The smallest absolute Gasteiger partial charge is 0.0831 e. The lowest BCUT2D eigenvalue weighted by Crippen LogP contribution is -2.29. The summed E-state index contributed by atoms with van der Waals surface area (Å²) in [6, 6.07) is 8.63. The van der Waals surface area contributed by atoms with Gasteiger partial charge >= 0.3 is 0 Å². The van der Waals surface area contributed by atoms with Gasteiger partial charge in [0.25, 0.3) is 0 Å². The van der Waals surface area contributed by atoms with Crippen molar-refractivity contribution >= 4 is 17.0 Å². The lowest BCUT2D eigenvalue weighted by molar-refractivity contribution is 0.578. The molecule has 0 radical (unpaired) electrons. The Kier molecular flexibility index (Phi) is 3.10. The van der Waals surface area contributed by atoms with Crippen LogP contribution in [-0.2, 0) is 0 Å². The van der Waals surface area contributed by atoms with Gasteiger partial charge in [-0.2, -0.15) is 0 Å². The molecule has 2 aromatic rings. The van der Waals surface area contributed by atoms with E-state index in [0.29, 0.717) is 0 Å². The van der Waals surface area contributed by atoms with Crippen LogP contribution in [0.15, 0.2) is 35.2 Å². The summed E-state index contributed by atoms with van der Waals surface area (Å²) < 4.78 is 0. The number of aromatic nitrogens is 1. The Bertz CT molecular complexity index is 473. The number of hydrogen-bond donors (Lipinski definition) is 0. The fraction of sp³-hybridized carbons (Fsp3) is 0.357. The molecule has 3 rings (SSSR count). The standard InChI is InChI=1S/C14H16N2S/c1-4-8-16(9-5-1)14-7-3-2-6-12(14)13-10-17-11-15-13/h2-3,6-7,10-11H,1,4-5,8-9H2. The molecule has 0 unspecified atom stereocenters. The van der Waals surface area contributed by atoms with Crippen molar-refractivity contribution in [2.45, 2.75) is 19.3 Å². The molecule has 1 fully saturated rings. The third kappa shape index (κ3) is 2.20. The van der Waals surface area contributed by atoms with Crippen molar-refractivity contribution in [3.05, 3.63) is 35.2 Å². The van der Waals surface area contributed by atoms with Crippen molar-refractivity contribution in [2.24, 2.45) is 0 Å². The number of benzene rings is 1. The van der Waals surface area contributed by atoms with Crippen LogP contribution in [-0.4, -0.2) is 18.1 Å². The van der Waals surface area contributed by atoms with Gasteiger partial charge in [0.05, 0.1) is 11.2 Å². The molecule has 0 aliphatic carbocycles. The van der Waals surface area contributed by atoms with Crippen LogP contribution in [0.1, 0.15) is 19.3 Å². The number of hydrogen-bond acceptors (Lipinski definition) is 3. The van der Waals surface area contributed by atoms with E-state index in [-0.39, 0.29) is 0 Å². The van der Waals surface area contributed by atoms with Crippen molar-refractivity contribution in [3.63, 3.8) is 0 Å². The van der Waals surface area contributed by atoms with E-state index in [9.17, 15) is 0 Å². The van der Waals surface area contributed by atoms with E-state index in [1.54, 1.807) is 11.3 Å². The molecule has 1 aromatic heterocycles. The Hall–Kier alpha value is -1.35. The predicted octanol–water partition coefficient (Wildman–Crippen LogP) is 3.80. The third-order valence-corrected chi connectivity index (χ3v) is 3.90. The highest BCUT2D eigenvalue weighted by atomic mass is 32.1. The fourth-order valence-electron chi connectivity index (χ4n) is 2.45. The summed E-state index contributed by atoms with van der Waals surface area (Å²) in [6.45, 7) is 2.36. The molecule has 3 heteroatoms. The summed E-state index contributed by atoms with van der Waals surface area (Å²) in [5, 5.41) is 2.13. The van der Waals surface area contributed by atoms with Gasteiger partial charge in [-0.3, -0.25) is 0 Å². The van der Waals surface area contributed by atoms with Gasteiger partial charge < -0.3 is 4.90 Å². The van der Waals surface area contributed by atoms with Gasteiger partial charge in [0.2, 0.25) is 0 Å². The average Bonchev–Trinajstić information content (AvgIpc) is 2.94. The van der Waals surface area contributed by atoms with Crippen LogP contribution in [0.5, 0.6) is 0 Å². The molecular weight excluding hydrogens is 228 g/mol. The summed E-state index contributed by atoms with van der Waals surface area (Å²) in [5.41, 5.74) is 5.63. The number of nitrogens with zero attached hydrogens (tertiary/aromatic N) is 2. The average molecular weight is 244 g/mol. The van der Waals surface area contributed by atoms with Gasteiger partial charge in [0.15, 0.2) is 0 Å². The highest BCUT2D eigenvalue weighted by molar-refractivity contribution is 7.07. The molecule has 17 heavy (non-hydrogen) atoms. The Morgan fingerprint density at radius 2 is 1.88 bits per heavy atom. The van der Waals surface area contributed by atoms with Gasteiger partial charge in [-0.05, 0) is 25.3 Å². The lowest BCUT2D eigenvalue weighted by Gasteiger charge is -2.30. The van der Waals surface area contributed by atoms with E-state index in [4.69, 9.17) is 0 Å². The first-order chi connectivity index (χ1) is 8.45. The molecule has 0 spiro atoms. The first-order valence-corrected chi connectivity index (χ1v) is 7.12.